The van der Waals surface area contributed by atoms with Crippen LogP contribution in [0, 0.1) is 6.92 Å². The molecule has 1 aliphatic carbocycles. The molecule has 26 heavy (non-hydrogen) atoms. The summed E-state index contributed by atoms with van der Waals surface area (Å²) in [7, 11) is 0. The normalized spacial score (nSPS) is 13.1. The van der Waals surface area contributed by atoms with Crippen LogP contribution in [0.1, 0.15) is 61.7 Å². The summed E-state index contributed by atoms with van der Waals surface area (Å²) in [5, 5.41) is 0. The predicted molar refractivity (Wildman–Crippen MR) is 96.0 cm³/mol. The Morgan fingerprint density at radius 2 is 1.69 bits per heavy atom. The van der Waals surface area contributed by atoms with Crippen molar-refractivity contribution in [1.29, 1.82) is 0 Å². The maximum Gasteiger partial charge on any atom is 0.341 e. The first-order valence-corrected chi connectivity index (χ1v) is 8.44. The molecule has 0 fully saturated rings. The quantitative estimate of drug-likeness (QED) is 0.520. The average Bonchev–Trinajstić information content (AvgIpc) is 2.93. The monoisotopic (exact) mass is 347 g/mol. The Balaban J connectivity index is 2.09. The van der Waals surface area contributed by atoms with E-state index in [-0.39, 0.29) is 34.5 Å². The first-order valence-electron chi connectivity index (χ1n) is 8.44. The third kappa shape index (κ3) is 2.20. The third-order valence-electron chi connectivity index (χ3n) is 4.50. The van der Waals surface area contributed by atoms with Crippen molar-refractivity contribution >= 4 is 23.1 Å². The van der Waals surface area contributed by atoms with Crippen LogP contribution in [0.5, 0.6) is 0 Å². The van der Waals surface area contributed by atoms with Gasteiger partial charge in [-0.15, -0.1) is 0 Å². The number of hydrogen-bond donors (Lipinski definition) is 0. The number of benzene rings is 1. The molecule has 2 aromatic heterocycles. The van der Waals surface area contributed by atoms with Gasteiger partial charge in [0.15, 0.2) is 5.78 Å². The van der Waals surface area contributed by atoms with E-state index in [1.54, 1.807) is 54.8 Å². The lowest BCUT2D eigenvalue weighted by molar-refractivity contribution is 0.0378. The molecule has 0 atom stereocenters. The van der Waals surface area contributed by atoms with Crippen molar-refractivity contribution in [3.63, 3.8) is 0 Å². The van der Waals surface area contributed by atoms with Crippen LogP contribution < -0.4 is 0 Å². The first-order chi connectivity index (χ1) is 12.4. The van der Waals surface area contributed by atoms with Gasteiger partial charge >= 0.3 is 5.97 Å². The highest BCUT2D eigenvalue weighted by molar-refractivity contribution is 6.31. The number of esters is 1. The SMILES string of the molecule is Cc1ccn2c3c(c(C(=O)OC(C)C)c2c1)C(=O)c1ccccc1C3=O. The molecule has 0 bridgehead atoms. The van der Waals surface area contributed by atoms with Crippen LogP contribution in [0.15, 0.2) is 42.6 Å². The zero-order valence-corrected chi connectivity index (χ0v) is 14.7. The molecule has 0 radical (unpaired) electrons. The van der Waals surface area contributed by atoms with Gasteiger partial charge < -0.3 is 9.14 Å². The molecule has 3 aromatic rings. The van der Waals surface area contributed by atoms with E-state index in [0.717, 1.165) is 5.56 Å². The second-order valence-electron chi connectivity index (χ2n) is 6.72. The van der Waals surface area contributed by atoms with Gasteiger partial charge in [-0.25, -0.2) is 4.79 Å². The molecule has 1 aliphatic rings. The van der Waals surface area contributed by atoms with Gasteiger partial charge in [-0.3, -0.25) is 9.59 Å². The minimum atomic E-state index is -0.593. The van der Waals surface area contributed by atoms with Crippen molar-refractivity contribution in [3.05, 3.63) is 76.1 Å². The summed E-state index contributed by atoms with van der Waals surface area (Å²) in [5.74, 6) is -1.19. The van der Waals surface area contributed by atoms with Crippen LogP contribution in [0.25, 0.3) is 5.52 Å². The summed E-state index contributed by atoms with van der Waals surface area (Å²) >= 11 is 0. The van der Waals surface area contributed by atoms with Crippen LogP contribution in [-0.4, -0.2) is 28.0 Å². The molecule has 0 saturated heterocycles. The molecule has 4 rings (SSSR count). The van der Waals surface area contributed by atoms with Crippen LogP contribution in [0.4, 0.5) is 0 Å². The number of aryl methyl sites for hydroxylation is 1. The minimum Gasteiger partial charge on any atom is -0.459 e. The Bertz CT molecular complexity index is 1100. The standard InChI is InChI=1S/C21H17NO4/c1-11(2)26-21(25)16-15-10-12(3)8-9-22(15)18-17(16)19(23)13-6-4-5-7-14(13)20(18)24/h4-11H,1-3H3. The minimum absolute atomic E-state index is 0.130. The molecule has 0 unspecified atom stereocenters. The molecule has 0 spiro atoms. The van der Waals surface area contributed by atoms with E-state index in [1.165, 1.54) is 0 Å². The van der Waals surface area contributed by atoms with E-state index in [1.807, 2.05) is 13.0 Å². The van der Waals surface area contributed by atoms with Crippen molar-refractivity contribution in [2.24, 2.45) is 0 Å². The van der Waals surface area contributed by atoms with E-state index in [0.29, 0.717) is 16.6 Å². The fraction of sp³-hybridized carbons (Fsp3) is 0.190. The number of carbonyl (C=O) groups is 3. The molecule has 5 heteroatoms. The summed E-state index contributed by atoms with van der Waals surface area (Å²) in [6, 6.07) is 10.3. The van der Waals surface area contributed by atoms with E-state index < -0.39 is 5.97 Å². The molecule has 5 nitrogen and oxygen atoms in total. The smallest absolute Gasteiger partial charge is 0.341 e. The number of ketones is 2. The van der Waals surface area contributed by atoms with E-state index in [9.17, 15) is 14.4 Å². The fourth-order valence-corrected chi connectivity index (χ4v) is 3.43. The molecular formula is C21H17NO4. The van der Waals surface area contributed by atoms with E-state index in [4.69, 9.17) is 4.74 Å². The second kappa shape index (κ2) is 5.66. The molecule has 130 valence electrons. The predicted octanol–water partition coefficient (Wildman–Crippen LogP) is 3.59. The van der Waals surface area contributed by atoms with Crippen LogP contribution in [-0.2, 0) is 4.74 Å². The molecule has 0 saturated carbocycles. The topological polar surface area (TPSA) is 64.8 Å². The van der Waals surface area contributed by atoms with Gasteiger partial charge in [0.05, 0.1) is 22.7 Å². The largest absolute Gasteiger partial charge is 0.459 e. The molecule has 1 aromatic carbocycles. The molecule has 0 amide bonds. The van der Waals surface area contributed by atoms with E-state index >= 15 is 0 Å². The van der Waals surface area contributed by atoms with Gasteiger partial charge in [-0.2, -0.15) is 0 Å². The van der Waals surface area contributed by atoms with Crippen molar-refractivity contribution in [2.45, 2.75) is 26.9 Å². The lowest BCUT2D eigenvalue weighted by Crippen LogP contribution is -2.23. The number of hydrogen-bond acceptors (Lipinski definition) is 4. The van der Waals surface area contributed by atoms with Crippen LogP contribution in [0.3, 0.4) is 0 Å². The Labute approximate surface area is 150 Å². The van der Waals surface area contributed by atoms with Crippen molar-refractivity contribution < 1.29 is 19.1 Å². The second-order valence-corrected chi connectivity index (χ2v) is 6.72. The van der Waals surface area contributed by atoms with Gasteiger partial charge in [0, 0.05) is 17.3 Å². The molecule has 2 heterocycles. The fourth-order valence-electron chi connectivity index (χ4n) is 3.43. The third-order valence-corrected chi connectivity index (χ3v) is 4.50. The zero-order valence-electron chi connectivity index (χ0n) is 14.7. The highest BCUT2D eigenvalue weighted by Gasteiger charge is 2.38. The van der Waals surface area contributed by atoms with Gasteiger partial charge in [0.2, 0.25) is 5.78 Å². The number of pyridine rings is 1. The Kier molecular flexibility index (Phi) is 3.54. The van der Waals surface area contributed by atoms with Crippen molar-refractivity contribution in [1.82, 2.24) is 4.40 Å². The number of carbonyl (C=O) groups excluding carboxylic acids is 3. The highest BCUT2D eigenvalue weighted by Crippen LogP contribution is 2.34. The van der Waals surface area contributed by atoms with Gasteiger partial charge in [0.25, 0.3) is 0 Å². The van der Waals surface area contributed by atoms with E-state index in [2.05, 4.69) is 0 Å². The van der Waals surface area contributed by atoms with Crippen molar-refractivity contribution in [3.8, 4) is 0 Å². The first kappa shape index (κ1) is 16.3. The zero-order chi connectivity index (χ0) is 18.6. The number of aromatic nitrogens is 1. The van der Waals surface area contributed by atoms with Gasteiger partial charge in [-0.05, 0) is 38.5 Å². The lowest BCUT2D eigenvalue weighted by Gasteiger charge is -2.15. The maximum atomic E-state index is 13.1. The lowest BCUT2D eigenvalue weighted by atomic mass is 9.86. The summed E-state index contributed by atoms with van der Waals surface area (Å²) in [6.07, 6.45) is 1.38. The molecule has 0 N–H and O–H groups in total. The maximum absolute atomic E-state index is 13.1. The highest BCUT2D eigenvalue weighted by atomic mass is 16.5. The Morgan fingerprint density at radius 3 is 2.35 bits per heavy atom. The number of nitrogens with zero attached hydrogens (tertiary/aromatic N) is 1. The molecule has 0 aliphatic heterocycles. The Morgan fingerprint density at radius 1 is 1.04 bits per heavy atom. The van der Waals surface area contributed by atoms with Gasteiger partial charge in [0.1, 0.15) is 5.69 Å². The summed E-state index contributed by atoms with van der Waals surface area (Å²) in [5.41, 5.74) is 2.61. The van der Waals surface area contributed by atoms with Gasteiger partial charge in [-0.1, -0.05) is 24.3 Å². The summed E-state index contributed by atoms with van der Waals surface area (Å²) < 4.78 is 6.98. The summed E-state index contributed by atoms with van der Waals surface area (Å²) in [6.45, 7) is 5.38. The number of fused-ring (bicyclic) bond motifs is 4. The van der Waals surface area contributed by atoms with Crippen molar-refractivity contribution in [2.75, 3.05) is 0 Å². The van der Waals surface area contributed by atoms with Crippen LogP contribution >= 0.6 is 0 Å². The van der Waals surface area contributed by atoms with Crippen LogP contribution in [0.2, 0.25) is 0 Å². The Hall–Kier alpha value is -3.21. The summed E-state index contributed by atoms with van der Waals surface area (Å²) in [4.78, 5) is 39.0. The number of rotatable bonds is 2. The molecular weight excluding hydrogens is 330 g/mol. The average molecular weight is 347 g/mol. The number of ether oxygens (including phenoxy) is 1.